The summed E-state index contributed by atoms with van der Waals surface area (Å²) in [6.07, 6.45) is 8.63. The largest absolute Gasteiger partial charge is 0.310 e. The number of aryl methyl sites for hydroxylation is 1. The van der Waals surface area contributed by atoms with Crippen LogP contribution in [0.5, 0.6) is 0 Å². The number of thioether (sulfide) groups is 1. The minimum atomic E-state index is 0.553. The van der Waals surface area contributed by atoms with Gasteiger partial charge in [0.05, 0.1) is 6.20 Å². The molecule has 1 aliphatic heterocycles. The van der Waals surface area contributed by atoms with E-state index in [1.807, 2.05) is 0 Å². The van der Waals surface area contributed by atoms with Crippen LogP contribution in [0.15, 0.2) is 6.20 Å². The molecule has 0 spiro atoms. The van der Waals surface area contributed by atoms with Crippen molar-refractivity contribution in [3.05, 3.63) is 17.5 Å². The molecule has 0 bridgehead atoms. The molecule has 1 fully saturated rings. The molecule has 1 N–H and O–H groups in total. The lowest BCUT2D eigenvalue weighted by Crippen LogP contribution is -2.31. The molecule has 0 saturated carbocycles. The van der Waals surface area contributed by atoms with E-state index in [0.717, 1.165) is 5.92 Å². The van der Waals surface area contributed by atoms with E-state index in [0.29, 0.717) is 6.04 Å². The van der Waals surface area contributed by atoms with Gasteiger partial charge in [-0.05, 0) is 56.1 Å². The van der Waals surface area contributed by atoms with Crippen LogP contribution in [0, 0.1) is 5.92 Å². The Kier molecular flexibility index (Phi) is 3.94. The highest BCUT2D eigenvalue weighted by Crippen LogP contribution is 2.30. The monoisotopic (exact) mass is 265 g/mol. The third-order valence-electron chi connectivity index (χ3n) is 4.37. The van der Waals surface area contributed by atoms with Crippen LogP contribution < -0.4 is 5.32 Å². The Balaban J connectivity index is 1.60. The van der Waals surface area contributed by atoms with Gasteiger partial charge >= 0.3 is 0 Å². The minimum absolute atomic E-state index is 0.553. The minimum Gasteiger partial charge on any atom is -0.310 e. The highest BCUT2D eigenvalue weighted by molar-refractivity contribution is 7.99. The Morgan fingerprint density at radius 2 is 2.22 bits per heavy atom. The van der Waals surface area contributed by atoms with Gasteiger partial charge in [-0.1, -0.05) is 0 Å². The van der Waals surface area contributed by atoms with Gasteiger partial charge < -0.3 is 5.32 Å². The van der Waals surface area contributed by atoms with Crippen molar-refractivity contribution in [3.63, 3.8) is 0 Å². The first-order valence-electron chi connectivity index (χ1n) is 7.16. The second kappa shape index (κ2) is 5.66. The Bertz CT molecular complexity index is 396. The maximum Gasteiger partial charge on any atom is 0.0540 e. The Labute approximate surface area is 114 Å². The van der Waals surface area contributed by atoms with E-state index in [2.05, 4.69) is 40.1 Å². The molecular formula is C14H23N3S. The van der Waals surface area contributed by atoms with Crippen molar-refractivity contribution in [1.82, 2.24) is 15.1 Å². The van der Waals surface area contributed by atoms with E-state index in [-0.39, 0.29) is 0 Å². The first-order valence-corrected chi connectivity index (χ1v) is 8.32. The smallest absolute Gasteiger partial charge is 0.0540 e. The molecule has 0 aromatic carbocycles. The van der Waals surface area contributed by atoms with Crippen LogP contribution in [0.3, 0.4) is 0 Å². The van der Waals surface area contributed by atoms with Crippen molar-refractivity contribution in [2.75, 3.05) is 18.1 Å². The van der Waals surface area contributed by atoms with E-state index < -0.39 is 0 Å². The molecule has 100 valence electrons. The molecule has 1 aromatic heterocycles. The highest BCUT2D eigenvalue weighted by Gasteiger charge is 2.24. The van der Waals surface area contributed by atoms with Gasteiger partial charge in [-0.3, -0.25) is 4.68 Å². The zero-order valence-corrected chi connectivity index (χ0v) is 12.0. The summed E-state index contributed by atoms with van der Waals surface area (Å²) in [5.74, 6) is 3.61. The summed E-state index contributed by atoms with van der Waals surface area (Å²) in [4.78, 5) is 0. The fraction of sp³-hybridized carbons (Fsp3) is 0.786. The molecule has 1 unspecified atom stereocenters. The van der Waals surface area contributed by atoms with E-state index >= 15 is 0 Å². The van der Waals surface area contributed by atoms with Crippen LogP contribution in [0.2, 0.25) is 0 Å². The molecule has 1 saturated heterocycles. The zero-order valence-electron chi connectivity index (χ0n) is 11.2. The predicted molar refractivity (Wildman–Crippen MR) is 76.9 cm³/mol. The van der Waals surface area contributed by atoms with Crippen molar-refractivity contribution >= 4 is 11.8 Å². The maximum atomic E-state index is 4.42. The normalized spacial score (nSPS) is 25.1. The lowest BCUT2D eigenvalue weighted by Gasteiger charge is -2.28. The second-order valence-electron chi connectivity index (χ2n) is 5.58. The van der Waals surface area contributed by atoms with Gasteiger partial charge in [0.1, 0.15) is 0 Å². The Morgan fingerprint density at radius 1 is 1.39 bits per heavy atom. The van der Waals surface area contributed by atoms with Crippen LogP contribution in [-0.2, 0) is 13.5 Å². The van der Waals surface area contributed by atoms with E-state index in [1.54, 1.807) is 0 Å². The Hall–Kier alpha value is -0.480. The third-order valence-corrected chi connectivity index (χ3v) is 5.42. The number of rotatable bonds is 3. The number of hydrogen-bond donors (Lipinski definition) is 1. The van der Waals surface area contributed by atoms with Gasteiger partial charge in [-0.2, -0.15) is 16.9 Å². The van der Waals surface area contributed by atoms with Crippen molar-refractivity contribution in [2.45, 2.75) is 38.1 Å². The molecule has 1 atom stereocenters. The topological polar surface area (TPSA) is 29.9 Å². The first kappa shape index (κ1) is 12.5. The van der Waals surface area contributed by atoms with Gasteiger partial charge in [0.2, 0.25) is 0 Å². The maximum absolute atomic E-state index is 4.42. The van der Waals surface area contributed by atoms with Gasteiger partial charge in [0.15, 0.2) is 0 Å². The van der Waals surface area contributed by atoms with E-state index in [4.69, 9.17) is 0 Å². The molecule has 0 amide bonds. The van der Waals surface area contributed by atoms with Gasteiger partial charge in [0, 0.05) is 24.3 Å². The third kappa shape index (κ3) is 2.59. The molecule has 18 heavy (non-hydrogen) atoms. The molecule has 0 radical (unpaired) electrons. The highest BCUT2D eigenvalue weighted by atomic mass is 32.2. The molecule has 4 heteroatoms. The predicted octanol–water partition coefficient (Wildman–Crippen LogP) is 2.53. The first-order chi connectivity index (χ1) is 8.84. The number of fused-ring (bicyclic) bond motifs is 1. The molecule has 2 aliphatic rings. The molecule has 3 rings (SSSR count). The van der Waals surface area contributed by atoms with Gasteiger partial charge in [-0.25, -0.2) is 0 Å². The summed E-state index contributed by atoms with van der Waals surface area (Å²) in [5, 5.41) is 8.21. The van der Waals surface area contributed by atoms with Gasteiger partial charge in [0.25, 0.3) is 0 Å². The molecule has 1 aromatic rings. The van der Waals surface area contributed by atoms with Crippen LogP contribution in [0.1, 0.15) is 43.0 Å². The summed E-state index contributed by atoms with van der Waals surface area (Å²) in [5.41, 5.74) is 2.90. The Morgan fingerprint density at radius 3 is 3.06 bits per heavy atom. The summed E-state index contributed by atoms with van der Waals surface area (Å²) in [6.45, 7) is 1.19. The average Bonchev–Trinajstić information content (AvgIpc) is 2.80. The molecule has 2 heterocycles. The van der Waals surface area contributed by atoms with Crippen LogP contribution in [0.4, 0.5) is 0 Å². The van der Waals surface area contributed by atoms with Crippen LogP contribution >= 0.6 is 11.8 Å². The summed E-state index contributed by atoms with van der Waals surface area (Å²) >= 11 is 2.11. The number of aromatic nitrogens is 2. The van der Waals surface area contributed by atoms with Crippen molar-refractivity contribution in [1.29, 1.82) is 0 Å². The number of nitrogens with one attached hydrogen (secondary N) is 1. The van der Waals surface area contributed by atoms with Crippen molar-refractivity contribution in [2.24, 2.45) is 13.0 Å². The molecular weight excluding hydrogens is 242 g/mol. The fourth-order valence-electron chi connectivity index (χ4n) is 3.18. The van der Waals surface area contributed by atoms with Crippen LogP contribution in [0.25, 0.3) is 0 Å². The average molecular weight is 265 g/mol. The summed E-state index contributed by atoms with van der Waals surface area (Å²) in [7, 11) is 2.07. The van der Waals surface area contributed by atoms with Gasteiger partial charge in [-0.15, -0.1) is 0 Å². The SMILES string of the molecule is Cn1ncc2c1CCCC2NCC1CCSCC1. The van der Waals surface area contributed by atoms with E-state index in [9.17, 15) is 0 Å². The quantitative estimate of drug-likeness (QED) is 0.911. The molecule has 3 nitrogen and oxygen atoms in total. The van der Waals surface area contributed by atoms with Crippen molar-refractivity contribution in [3.8, 4) is 0 Å². The number of hydrogen-bond acceptors (Lipinski definition) is 3. The number of nitrogens with zero attached hydrogens (tertiary/aromatic N) is 2. The lowest BCUT2D eigenvalue weighted by molar-refractivity contribution is 0.383. The summed E-state index contributed by atoms with van der Waals surface area (Å²) in [6, 6.07) is 0.553. The van der Waals surface area contributed by atoms with Crippen LogP contribution in [-0.4, -0.2) is 27.8 Å². The second-order valence-corrected chi connectivity index (χ2v) is 6.80. The zero-order chi connectivity index (χ0) is 12.4. The fourth-order valence-corrected chi connectivity index (χ4v) is 4.38. The summed E-state index contributed by atoms with van der Waals surface area (Å²) < 4.78 is 2.06. The van der Waals surface area contributed by atoms with E-state index in [1.165, 1.54) is 61.4 Å². The standard InChI is InChI=1S/C14H23N3S/c1-17-14-4-2-3-13(12(14)10-16-17)15-9-11-5-7-18-8-6-11/h10-11,13,15H,2-9H2,1H3. The van der Waals surface area contributed by atoms with Crippen molar-refractivity contribution < 1.29 is 0 Å². The molecule has 1 aliphatic carbocycles. The lowest BCUT2D eigenvalue weighted by atomic mass is 9.92.